The fraction of sp³-hybridized carbons (Fsp3) is 0.400. The van der Waals surface area contributed by atoms with E-state index in [1.807, 2.05) is 18.2 Å². The third kappa shape index (κ3) is 7.16. The summed E-state index contributed by atoms with van der Waals surface area (Å²) < 4.78 is 12.4. The molecule has 7 heteroatoms. The lowest BCUT2D eigenvalue weighted by molar-refractivity contribution is 0.284. The van der Waals surface area contributed by atoms with E-state index in [0.717, 1.165) is 41.7 Å². The highest BCUT2D eigenvalue weighted by molar-refractivity contribution is 9.10. The molecular formula is C20H25BrCl2N2O2. The maximum atomic E-state index is 6.21. The summed E-state index contributed by atoms with van der Waals surface area (Å²) in [6, 6.07) is 9.28. The van der Waals surface area contributed by atoms with Crippen LogP contribution in [0.5, 0.6) is 11.5 Å². The van der Waals surface area contributed by atoms with Crippen LogP contribution in [-0.2, 0) is 13.2 Å². The quantitative estimate of drug-likeness (QED) is 0.467. The number of ether oxygens (including phenoxy) is 2. The predicted molar refractivity (Wildman–Crippen MR) is 116 cm³/mol. The summed E-state index contributed by atoms with van der Waals surface area (Å²) in [6.45, 7) is 3.12. The van der Waals surface area contributed by atoms with E-state index in [1.54, 1.807) is 19.2 Å². The minimum Gasteiger partial charge on any atom is -0.493 e. The lowest BCUT2D eigenvalue weighted by Gasteiger charge is -2.15. The Morgan fingerprint density at radius 1 is 1.07 bits per heavy atom. The number of benzene rings is 2. The standard InChI is InChI=1S/C20H25BrCl2N2O2/c1-25(2)8-4-7-24-12-15-9-19(26-3)20(11-17(15)21)27-13-14-5-6-16(22)10-18(14)23/h5-6,9-11,24H,4,7-8,12-13H2,1-3H3. The SMILES string of the molecule is COc1cc(CNCCCN(C)C)c(Br)cc1OCc1ccc(Cl)cc1Cl. The molecular weight excluding hydrogens is 451 g/mol. The molecule has 0 aliphatic rings. The van der Waals surface area contributed by atoms with E-state index in [2.05, 4.69) is 40.2 Å². The van der Waals surface area contributed by atoms with Gasteiger partial charge in [0, 0.05) is 26.6 Å². The Bertz CT molecular complexity index is 757. The van der Waals surface area contributed by atoms with E-state index < -0.39 is 0 Å². The molecule has 2 aromatic rings. The first-order valence-electron chi connectivity index (χ1n) is 8.69. The molecule has 2 rings (SSSR count). The molecule has 0 aliphatic carbocycles. The number of rotatable bonds is 10. The second-order valence-corrected chi connectivity index (χ2v) is 8.15. The van der Waals surface area contributed by atoms with Gasteiger partial charge in [0.25, 0.3) is 0 Å². The number of hydrogen-bond donors (Lipinski definition) is 1. The van der Waals surface area contributed by atoms with Crippen LogP contribution in [0.1, 0.15) is 17.5 Å². The second-order valence-electron chi connectivity index (χ2n) is 6.45. The van der Waals surface area contributed by atoms with Crippen molar-refractivity contribution in [3.63, 3.8) is 0 Å². The maximum Gasteiger partial charge on any atom is 0.162 e. The van der Waals surface area contributed by atoms with Crippen LogP contribution in [0, 0.1) is 0 Å². The molecule has 1 N–H and O–H groups in total. The monoisotopic (exact) mass is 474 g/mol. The van der Waals surface area contributed by atoms with E-state index in [4.69, 9.17) is 32.7 Å². The summed E-state index contributed by atoms with van der Waals surface area (Å²) in [7, 11) is 5.80. The molecule has 0 spiro atoms. The van der Waals surface area contributed by atoms with Gasteiger partial charge in [0.2, 0.25) is 0 Å². The fourth-order valence-electron chi connectivity index (χ4n) is 2.52. The largest absolute Gasteiger partial charge is 0.493 e. The van der Waals surface area contributed by atoms with Crippen LogP contribution < -0.4 is 14.8 Å². The van der Waals surface area contributed by atoms with E-state index in [-0.39, 0.29) is 0 Å². The summed E-state index contributed by atoms with van der Waals surface area (Å²) in [5.74, 6) is 1.35. The van der Waals surface area contributed by atoms with Gasteiger partial charge in [-0.2, -0.15) is 0 Å². The van der Waals surface area contributed by atoms with Gasteiger partial charge in [-0.3, -0.25) is 0 Å². The molecule has 0 saturated heterocycles. The second kappa shape index (κ2) is 11.1. The normalized spacial score (nSPS) is 11.1. The van der Waals surface area contributed by atoms with Crippen molar-refractivity contribution in [3.8, 4) is 11.5 Å². The molecule has 148 valence electrons. The molecule has 0 aliphatic heterocycles. The Morgan fingerprint density at radius 3 is 2.52 bits per heavy atom. The Labute approximate surface area is 179 Å². The summed E-state index contributed by atoms with van der Waals surface area (Å²) in [5.41, 5.74) is 1.99. The minimum absolute atomic E-state index is 0.334. The molecule has 0 radical (unpaired) electrons. The highest BCUT2D eigenvalue weighted by atomic mass is 79.9. The first-order valence-corrected chi connectivity index (χ1v) is 10.2. The van der Waals surface area contributed by atoms with Gasteiger partial charge in [0.15, 0.2) is 11.5 Å². The average Bonchev–Trinajstić information content (AvgIpc) is 2.61. The maximum absolute atomic E-state index is 6.21. The van der Waals surface area contributed by atoms with Crippen molar-refractivity contribution in [2.75, 3.05) is 34.3 Å². The summed E-state index contributed by atoms with van der Waals surface area (Å²) in [4.78, 5) is 2.18. The number of hydrogen-bond acceptors (Lipinski definition) is 4. The van der Waals surface area contributed by atoms with Crippen molar-refractivity contribution >= 4 is 39.1 Å². The Kier molecular flexibility index (Phi) is 9.19. The molecule has 0 heterocycles. The van der Waals surface area contributed by atoms with Crippen molar-refractivity contribution in [3.05, 3.63) is 56.0 Å². The molecule has 0 unspecified atom stereocenters. The highest BCUT2D eigenvalue weighted by Gasteiger charge is 2.11. The molecule has 0 aromatic heterocycles. The van der Waals surface area contributed by atoms with Crippen molar-refractivity contribution < 1.29 is 9.47 Å². The van der Waals surface area contributed by atoms with Crippen LogP contribution in [0.2, 0.25) is 10.0 Å². The van der Waals surface area contributed by atoms with Crippen LogP contribution in [0.3, 0.4) is 0 Å². The topological polar surface area (TPSA) is 33.7 Å². The molecule has 2 aromatic carbocycles. The van der Waals surface area contributed by atoms with Gasteiger partial charge in [-0.1, -0.05) is 45.2 Å². The average molecular weight is 476 g/mol. The number of halogens is 3. The molecule has 0 amide bonds. The number of methoxy groups -OCH3 is 1. The zero-order chi connectivity index (χ0) is 19.8. The van der Waals surface area contributed by atoms with Gasteiger partial charge >= 0.3 is 0 Å². The van der Waals surface area contributed by atoms with Crippen LogP contribution >= 0.6 is 39.1 Å². The molecule has 0 atom stereocenters. The van der Waals surface area contributed by atoms with Gasteiger partial charge in [-0.05, 0) is 63.4 Å². The first-order chi connectivity index (χ1) is 12.9. The molecule has 4 nitrogen and oxygen atoms in total. The molecule has 0 bridgehead atoms. The Morgan fingerprint density at radius 2 is 1.85 bits per heavy atom. The third-order valence-corrected chi connectivity index (χ3v) is 5.33. The van der Waals surface area contributed by atoms with Crippen LogP contribution in [0.25, 0.3) is 0 Å². The van der Waals surface area contributed by atoms with Crippen molar-refractivity contribution in [2.24, 2.45) is 0 Å². The van der Waals surface area contributed by atoms with E-state index in [1.165, 1.54) is 0 Å². The lowest BCUT2D eigenvalue weighted by atomic mass is 10.2. The molecule has 0 saturated carbocycles. The number of nitrogens with zero attached hydrogens (tertiary/aromatic N) is 1. The summed E-state index contributed by atoms with van der Waals surface area (Å²) >= 11 is 15.8. The Balaban J connectivity index is 2.00. The molecule has 27 heavy (non-hydrogen) atoms. The van der Waals surface area contributed by atoms with Gasteiger partial charge in [0.1, 0.15) is 6.61 Å². The Hall–Kier alpha value is -0.980. The minimum atomic E-state index is 0.334. The predicted octanol–water partition coefficient (Wildman–Crippen LogP) is 5.38. The van der Waals surface area contributed by atoms with E-state index in [0.29, 0.717) is 28.2 Å². The van der Waals surface area contributed by atoms with E-state index >= 15 is 0 Å². The van der Waals surface area contributed by atoms with Gasteiger partial charge in [0.05, 0.1) is 7.11 Å². The van der Waals surface area contributed by atoms with Gasteiger partial charge < -0.3 is 19.7 Å². The van der Waals surface area contributed by atoms with Crippen LogP contribution in [0.4, 0.5) is 0 Å². The fourth-order valence-corrected chi connectivity index (χ4v) is 3.45. The zero-order valence-electron chi connectivity index (χ0n) is 15.8. The van der Waals surface area contributed by atoms with Crippen molar-refractivity contribution in [2.45, 2.75) is 19.6 Å². The highest BCUT2D eigenvalue weighted by Crippen LogP contribution is 2.34. The van der Waals surface area contributed by atoms with Gasteiger partial charge in [-0.25, -0.2) is 0 Å². The third-order valence-electron chi connectivity index (χ3n) is 4.01. The van der Waals surface area contributed by atoms with Crippen LogP contribution in [-0.4, -0.2) is 39.2 Å². The zero-order valence-corrected chi connectivity index (χ0v) is 18.9. The van der Waals surface area contributed by atoms with Gasteiger partial charge in [-0.15, -0.1) is 0 Å². The molecule has 0 fully saturated rings. The van der Waals surface area contributed by atoms with Crippen molar-refractivity contribution in [1.82, 2.24) is 10.2 Å². The lowest BCUT2D eigenvalue weighted by Crippen LogP contribution is -2.21. The smallest absolute Gasteiger partial charge is 0.162 e. The van der Waals surface area contributed by atoms with Crippen molar-refractivity contribution in [1.29, 1.82) is 0 Å². The summed E-state index contributed by atoms with van der Waals surface area (Å²) in [5, 5.41) is 4.64. The first kappa shape index (κ1) is 22.3. The van der Waals surface area contributed by atoms with E-state index in [9.17, 15) is 0 Å². The number of nitrogens with one attached hydrogen (secondary N) is 1. The summed E-state index contributed by atoms with van der Waals surface area (Å²) in [6.07, 6.45) is 1.10. The van der Waals surface area contributed by atoms with Crippen LogP contribution in [0.15, 0.2) is 34.8 Å².